The standard InChI is InChI=1S/C15H18N4O/c1-10-8-14(19(2)18-10)15(20)17-12-5-6-13-11(9-12)4-3-7-16-13/h5-6,8-9,16H,3-4,7H2,1-2H3,(H,17,20). The summed E-state index contributed by atoms with van der Waals surface area (Å²) >= 11 is 0. The number of fused-ring (bicyclic) bond motifs is 1. The van der Waals surface area contributed by atoms with E-state index in [0.29, 0.717) is 5.69 Å². The van der Waals surface area contributed by atoms with Gasteiger partial charge in [0, 0.05) is 25.0 Å². The van der Waals surface area contributed by atoms with Gasteiger partial charge in [0.05, 0.1) is 5.69 Å². The Morgan fingerprint density at radius 2 is 2.25 bits per heavy atom. The average Bonchev–Trinajstić information content (AvgIpc) is 2.78. The molecule has 104 valence electrons. The topological polar surface area (TPSA) is 59.0 Å². The zero-order valence-electron chi connectivity index (χ0n) is 11.7. The van der Waals surface area contributed by atoms with E-state index in [2.05, 4.69) is 15.7 Å². The van der Waals surface area contributed by atoms with E-state index in [9.17, 15) is 4.79 Å². The molecule has 2 N–H and O–H groups in total. The fraction of sp³-hybridized carbons (Fsp3) is 0.333. The predicted octanol–water partition coefficient (Wildman–Crippen LogP) is 2.34. The van der Waals surface area contributed by atoms with E-state index in [0.717, 1.165) is 30.8 Å². The van der Waals surface area contributed by atoms with Crippen LogP contribution in [0.1, 0.15) is 28.2 Å². The SMILES string of the molecule is Cc1cc(C(=O)Nc2ccc3c(c2)CCCN3)n(C)n1. The molecule has 2 heterocycles. The van der Waals surface area contributed by atoms with E-state index in [1.807, 2.05) is 25.1 Å². The first-order valence-corrected chi connectivity index (χ1v) is 6.82. The normalized spacial score (nSPS) is 13.5. The summed E-state index contributed by atoms with van der Waals surface area (Å²) in [7, 11) is 1.78. The quantitative estimate of drug-likeness (QED) is 0.880. The number of rotatable bonds is 2. The number of aromatic nitrogens is 2. The van der Waals surface area contributed by atoms with Crippen molar-refractivity contribution in [3.8, 4) is 0 Å². The number of hydrogen-bond donors (Lipinski definition) is 2. The molecule has 0 atom stereocenters. The third kappa shape index (κ3) is 2.39. The second-order valence-corrected chi connectivity index (χ2v) is 5.15. The van der Waals surface area contributed by atoms with Gasteiger partial charge in [0.2, 0.25) is 0 Å². The zero-order valence-corrected chi connectivity index (χ0v) is 11.7. The minimum Gasteiger partial charge on any atom is -0.385 e. The molecule has 0 aliphatic carbocycles. The summed E-state index contributed by atoms with van der Waals surface area (Å²) in [6, 6.07) is 7.79. The minimum atomic E-state index is -0.128. The summed E-state index contributed by atoms with van der Waals surface area (Å²) in [4.78, 5) is 12.2. The second-order valence-electron chi connectivity index (χ2n) is 5.15. The molecule has 1 amide bonds. The van der Waals surface area contributed by atoms with E-state index in [1.54, 1.807) is 17.8 Å². The molecule has 5 nitrogen and oxygen atoms in total. The third-order valence-electron chi connectivity index (χ3n) is 3.54. The van der Waals surface area contributed by atoms with Gasteiger partial charge in [0.1, 0.15) is 5.69 Å². The van der Waals surface area contributed by atoms with Gasteiger partial charge in [0.25, 0.3) is 5.91 Å². The number of nitrogens with zero attached hydrogens (tertiary/aromatic N) is 2. The number of benzene rings is 1. The molecular weight excluding hydrogens is 252 g/mol. The number of carbonyl (C=O) groups is 1. The van der Waals surface area contributed by atoms with Gasteiger partial charge in [-0.1, -0.05) is 0 Å². The highest BCUT2D eigenvalue weighted by Gasteiger charge is 2.14. The monoisotopic (exact) mass is 270 g/mol. The van der Waals surface area contributed by atoms with Crippen molar-refractivity contribution >= 4 is 17.3 Å². The molecule has 0 spiro atoms. The van der Waals surface area contributed by atoms with Gasteiger partial charge in [-0.05, 0) is 49.6 Å². The number of nitrogens with one attached hydrogen (secondary N) is 2. The van der Waals surface area contributed by atoms with E-state index >= 15 is 0 Å². The van der Waals surface area contributed by atoms with Crippen LogP contribution in [0.3, 0.4) is 0 Å². The molecule has 1 aliphatic heterocycles. The van der Waals surface area contributed by atoms with Crippen molar-refractivity contribution in [2.24, 2.45) is 7.05 Å². The van der Waals surface area contributed by atoms with Crippen LogP contribution in [0, 0.1) is 6.92 Å². The van der Waals surface area contributed by atoms with Crippen molar-refractivity contribution in [3.05, 3.63) is 41.2 Å². The lowest BCUT2D eigenvalue weighted by atomic mass is 10.0. The summed E-state index contributed by atoms with van der Waals surface area (Å²) < 4.78 is 1.60. The Balaban J connectivity index is 1.81. The lowest BCUT2D eigenvalue weighted by Crippen LogP contribution is -2.17. The maximum atomic E-state index is 12.2. The van der Waals surface area contributed by atoms with E-state index < -0.39 is 0 Å². The van der Waals surface area contributed by atoms with Crippen LogP contribution in [-0.4, -0.2) is 22.2 Å². The van der Waals surface area contributed by atoms with E-state index in [1.165, 1.54) is 11.3 Å². The smallest absolute Gasteiger partial charge is 0.273 e. The maximum absolute atomic E-state index is 12.2. The largest absolute Gasteiger partial charge is 0.385 e. The van der Waals surface area contributed by atoms with Crippen LogP contribution in [0.2, 0.25) is 0 Å². The molecule has 0 radical (unpaired) electrons. The Bertz CT molecular complexity index is 660. The molecule has 0 fully saturated rings. The van der Waals surface area contributed by atoms with Crippen molar-refractivity contribution in [1.82, 2.24) is 9.78 Å². The molecule has 1 aliphatic rings. The summed E-state index contributed by atoms with van der Waals surface area (Å²) in [6.45, 7) is 2.90. The lowest BCUT2D eigenvalue weighted by molar-refractivity contribution is 0.101. The van der Waals surface area contributed by atoms with E-state index in [4.69, 9.17) is 0 Å². The van der Waals surface area contributed by atoms with Crippen LogP contribution in [-0.2, 0) is 13.5 Å². The molecule has 1 aromatic carbocycles. The van der Waals surface area contributed by atoms with Crippen LogP contribution in [0.15, 0.2) is 24.3 Å². The highest BCUT2D eigenvalue weighted by molar-refractivity contribution is 6.03. The summed E-state index contributed by atoms with van der Waals surface area (Å²) in [5.41, 5.74) is 4.67. The Hall–Kier alpha value is -2.30. The van der Waals surface area contributed by atoms with Gasteiger partial charge in [-0.3, -0.25) is 9.48 Å². The lowest BCUT2D eigenvalue weighted by Gasteiger charge is -2.18. The minimum absolute atomic E-state index is 0.128. The highest BCUT2D eigenvalue weighted by atomic mass is 16.2. The predicted molar refractivity (Wildman–Crippen MR) is 79.2 cm³/mol. The Kier molecular flexibility index (Phi) is 3.18. The van der Waals surface area contributed by atoms with E-state index in [-0.39, 0.29) is 5.91 Å². The number of hydrogen-bond acceptors (Lipinski definition) is 3. The number of anilines is 2. The molecule has 0 saturated carbocycles. The summed E-state index contributed by atoms with van der Waals surface area (Å²) in [5, 5.41) is 10.5. The molecule has 1 aromatic heterocycles. The van der Waals surface area contributed by atoms with Crippen LogP contribution in [0.5, 0.6) is 0 Å². The number of carbonyl (C=O) groups excluding carboxylic acids is 1. The molecule has 0 saturated heterocycles. The first kappa shape index (κ1) is 12.7. The molecule has 2 aromatic rings. The fourth-order valence-corrected chi connectivity index (χ4v) is 2.57. The van der Waals surface area contributed by atoms with Gasteiger partial charge in [-0.15, -0.1) is 0 Å². The molecule has 3 rings (SSSR count). The van der Waals surface area contributed by atoms with Crippen molar-refractivity contribution < 1.29 is 4.79 Å². The summed E-state index contributed by atoms with van der Waals surface area (Å²) in [5.74, 6) is -0.128. The van der Waals surface area contributed by atoms with Gasteiger partial charge in [-0.2, -0.15) is 5.10 Å². The Morgan fingerprint density at radius 1 is 1.40 bits per heavy atom. The highest BCUT2D eigenvalue weighted by Crippen LogP contribution is 2.25. The molecule has 5 heteroatoms. The number of amides is 1. The molecular formula is C15H18N4O. The first-order valence-electron chi connectivity index (χ1n) is 6.82. The number of aryl methyl sites for hydroxylation is 3. The van der Waals surface area contributed by atoms with Gasteiger partial charge < -0.3 is 10.6 Å². The maximum Gasteiger partial charge on any atom is 0.273 e. The summed E-state index contributed by atoms with van der Waals surface area (Å²) in [6.07, 6.45) is 2.18. The van der Waals surface area contributed by atoms with Gasteiger partial charge in [-0.25, -0.2) is 0 Å². The van der Waals surface area contributed by atoms with Gasteiger partial charge >= 0.3 is 0 Å². The molecule has 0 unspecified atom stereocenters. The zero-order chi connectivity index (χ0) is 14.1. The molecule has 20 heavy (non-hydrogen) atoms. The fourth-order valence-electron chi connectivity index (χ4n) is 2.57. The van der Waals surface area contributed by atoms with Crippen LogP contribution < -0.4 is 10.6 Å². The van der Waals surface area contributed by atoms with Crippen molar-refractivity contribution in [2.75, 3.05) is 17.2 Å². The average molecular weight is 270 g/mol. The van der Waals surface area contributed by atoms with Crippen molar-refractivity contribution in [2.45, 2.75) is 19.8 Å². The Morgan fingerprint density at radius 3 is 3.00 bits per heavy atom. The Labute approximate surface area is 118 Å². The van der Waals surface area contributed by atoms with Crippen molar-refractivity contribution in [3.63, 3.8) is 0 Å². The molecule has 0 bridgehead atoms. The van der Waals surface area contributed by atoms with Crippen molar-refractivity contribution in [1.29, 1.82) is 0 Å². The van der Waals surface area contributed by atoms with Crippen LogP contribution in [0.4, 0.5) is 11.4 Å². The third-order valence-corrected chi connectivity index (χ3v) is 3.54. The first-order chi connectivity index (χ1) is 9.63. The van der Waals surface area contributed by atoms with Gasteiger partial charge in [0.15, 0.2) is 0 Å². The second kappa shape index (κ2) is 5.00. The van der Waals surface area contributed by atoms with Crippen LogP contribution >= 0.6 is 0 Å². The van der Waals surface area contributed by atoms with Crippen LogP contribution in [0.25, 0.3) is 0 Å².